The van der Waals surface area contributed by atoms with Crippen LogP contribution in [0.25, 0.3) is 0 Å². The van der Waals surface area contributed by atoms with Crippen LogP contribution in [0, 0.1) is 5.92 Å². The number of carbonyl (C=O) groups is 1. The number of hydrogen-bond donors (Lipinski definition) is 1. The number of nitrogens with zero attached hydrogens (tertiary/aromatic N) is 2. The molecule has 0 unspecified atom stereocenters. The van der Waals surface area contributed by atoms with Crippen molar-refractivity contribution >= 4 is 15.9 Å². The van der Waals surface area contributed by atoms with Crippen LogP contribution in [0.3, 0.4) is 0 Å². The lowest BCUT2D eigenvalue weighted by atomic mass is 10.1. The van der Waals surface area contributed by atoms with Crippen molar-refractivity contribution in [2.75, 3.05) is 39.7 Å². The van der Waals surface area contributed by atoms with Gasteiger partial charge in [-0.25, -0.2) is 17.7 Å². The summed E-state index contributed by atoms with van der Waals surface area (Å²) in [5.74, 6) is -0.465. The van der Waals surface area contributed by atoms with Gasteiger partial charge in [-0.1, -0.05) is 0 Å². The van der Waals surface area contributed by atoms with E-state index in [0.29, 0.717) is 18.8 Å². The Morgan fingerprint density at radius 1 is 1.46 bits per heavy atom. The van der Waals surface area contributed by atoms with Crippen molar-refractivity contribution in [3.63, 3.8) is 0 Å². The fraction of sp³-hybridized carbons (Fsp3) is 0.600. The van der Waals surface area contributed by atoms with Crippen molar-refractivity contribution in [2.24, 2.45) is 5.92 Å². The molecule has 9 heteroatoms. The second kappa shape index (κ2) is 7.91. The predicted molar refractivity (Wildman–Crippen MR) is 88.4 cm³/mol. The minimum Gasteiger partial charge on any atom is -0.477 e. The van der Waals surface area contributed by atoms with Gasteiger partial charge in [0.05, 0.1) is 31.6 Å². The monoisotopic (exact) mass is 357 g/mol. The van der Waals surface area contributed by atoms with E-state index in [1.54, 1.807) is 18.3 Å². The number of rotatable bonds is 7. The summed E-state index contributed by atoms with van der Waals surface area (Å²) in [6.45, 7) is 2.78. The lowest BCUT2D eigenvalue weighted by Gasteiger charge is -2.21. The van der Waals surface area contributed by atoms with Crippen molar-refractivity contribution in [3.05, 3.63) is 23.9 Å². The van der Waals surface area contributed by atoms with Gasteiger partial charge in [-0.3, -0.25) is 4.79 Å². The molecular formula is C15H23N3O5S. The third-order valence-corrected chi connectivity index (χ3v) is 5.75. The number of nitrogens with one attached hydrogen (secondary N) is 1. The molecule has 1 aromatic rings. The van der Waals surface area contributed by atoms with E-state index < -0.39 is 10.0 Å². The van der Waals surface area contributed by atoms with E-state index in [2.05, 4.69) is 10.3 Å². The Balaban J connectivity index is 2.08. The van der Waals surface area contributed by atoms with Crippen molar-refractivity contribution in [2.45, 2.75) is 13.0 Å². The number of carbonyl (C=O) groups excluding carboxylic acids is 1. The quantitative estimate of drug-likeness (QED) is 0.744. The summed E-state index contributed by atoms with van der Waals surface area (Å²) in [7, 11) is -0.389. The SMILES string of the molecule is CCOc1ncccc1C(=O)N[C@@H]1COC[C@H]1CS(=O)(=O)N(C)C. The lowest BCUT2D eigenvalue weighted by molar-refractivity contribution is 0.0921. The van der Waals surface area contributed by atoms with Crippen LogP contribution in [0.15, 0.2) is 18.3 Å². The molecule has 1 aliphatic heterocycles. The molecule has 0 saturated carbocycles. The smallest absolute Gasteiger partial charge is 0.257 e. The molecule has 2 atom stereocenters. The maximum atomic E-state index is 12.5. The van der Waals surface area contributed by atoms with Gasteiger partial charge in [0.25, 0.3) is 5.91 Å². The third kappa shape index (κ3) is 4.43. The second-order valence-corrected chi connectivity index (χ2v) is 7.96. The van der Waals surface area contributed by atoms with Gasteiger partial charge in [-0.2, -0.15) is 0 Å². The molecule has 0 aliphatic carbocycles. The molecule has 0 spiro atoms. The molecule has 1 aliphatic rings. The first-order valence-corrected chi connectivity index (χ1v) is 9.32. The maximum absolute atomic E-state index is 12.5. The maximum Gasteiger partial charge on any atom is 0.257 e. The molecule has 0 bridgehead atoms. The number of pyridine rings is 1. The fourth-order valence-electron chi connectivity index (χ4n) is 2.40. The zero-order chi connectivity index (χ0) is 17.7. The van der Waals surface area contributed by atoms with Crippen LogP contribution in [0.2, 0.25) is 0 Å². The van der Waals surface area contributed by atoms with Gasteiger partial charge in [-0.05, 0) is 19.1 Å². The van der Waals surface area contributed by atoms with Crippen LogP contribution in [0.1, 0.15) is 17.3 Å². The van der Waals surface area contributed by atoms with Gasteiger partial charge in [0.1, 0.15) is 5.56 Å². The average Bonchev–Trinajstić information content (AvgIpc) is 2.94. The van der Waals surface area contributed by atoms with Crippen LogP contribution in [-0.4, -0.2) is 69.3 Å². The molecule has 8 nitrogen and oxygen atoms in total. The molecule has 1 N–H and O–H groups in total. The largest absolute Gasteiger partial charge is 0.477 e. The Kier molecular flexibility index (Phi) is 6.14. The summed E-state index contributed by atoms with van der Waals surface area (Å²) in [6, 6.07) is 2.90. The van der Waals surface area contributed by atoms with Crippen molar-refractivity contribution < 1.29 is 22.7 Å². The lowest BCUT2D eigenvalue weighted by Crippen LogP contribution is -2.43. The van der Waals surface area contributed by atoms with E-state index in [9.17, 15) is 13.2 Å². The number of amides is 1. The van der Waals surface area contributed by atoms with Crippen LogP contribution < -0.4 is 10.1 Å². The highest BCUT2D eigenvalue weighted by Crippen LogP contribution is 2.19. The van der Waals surface area contributed by atoms with E-state index in [0.717, 1.165) is 0 Å². The summed E-state index contributed by atoms with van der Waals surface area (Å²) in [4.78, 5) is 16.5. The van der Waals surface area contributed by atoms with Gasteiger partial charge in [0.2, 0.25) is 15.9 Å². The number of sulfonamides is 1. The summed E-state index contributed by atoms with van der Waals surface area (Å²) < 4.78 is 36.0. The third-order valence-electron chi connectivity index (χ3n) is 3.79. The number of hydrogen-bond acceptors (Lipinski definition) is 6. The average molecular weight is 357 g/mol. The van der Waals surface area contributed by atoms with Crippen LogP contribution in [-0.2, 0) is 14.8 Å². The fourth-order valence-corrected chi connectivity index (χ4v) is 3.57. The van der Waals surface area contributed by atoms with E-state index in [4.69, 9.17) is 9.47 Å². The molecule has 0 radical (unpaired) electrons. The van der Waals surface area contributed by atoms with Gasteiger partial charge in [0.15, 0.2) is 0 Å². The van der Waals surface area contributed by atoms with E-state index in [1.165, 1.54) is 18.4 Å². The molecule has 1 aromatic heterocycles. The van der Waals surface area contributed by atoms with Crippen molar-refractivity contribution in [1.82, 2.24) is 14.6 Å². The second-order valence-electron chi connectivity index (χ2n) is 5.73. The molecule has 134 valence electrons. The predicted octanol–water partition coefficient (Wildman–Crippen LogP) is 0.117. The summed E-state index contributed by atoms with van der Waals surface area (Å²) in [5.41, 5.74) is 0.320. The van der Waals surface area contributed by atoms with Gasteiger partial charge < -0.3 is 14.8 Å². The molecule has 2 rings (SSSR count). The van der Waals surface area contributed by atoms with E-state index in [1.807, 2.05) is 6.92 Å². The van der Waals surface area contributed by atoms with E-state index >= 15 is 0 Å². The molecule has 1 saturated heterocycles. The van der Waals surface area contributed by atoms with Gasteiger partial charge in [-0.15, -0.1) is 0 Å². The van der Waals surface area contributed by atoms with Crippen molar-refractivity contribution in [1.29, 1.82) is 0 Å². The highest BCUT2D eigenvalue weighted by Gasteiger charge is 2.34. The molecule has 24 heavy (non-hydrogen) atoms. The Hall–Kier alpha value is -1.71. The van der Waals surface area contributed by atoms with E-state index in [-0.39, 0.29) is 36.1 Å². The molecular weight excluding hydrogens is 334 g/mol. The first kappa shape index (κ1) is 18.6. The van der Waals surface area contributed by atoms with Gasteiger partial charge >= 0.3 is 0 Å². The number of ether oxygens (including phenoxy) is 2. The Bertz CT molecular complexity index is 677. The molecule has 1 fully saturated rings. The number of aromatic nitrogens is 1. The topological polar surface area (TPSA) is 97.8 Å². The van der Waals surface area contributed by atoms with Gasteiger partial charge in [0, 0.05) is 26.2 Å². The Morgan fingerprint density at radius 2 is 2.21 bits per heavy atom. The minimum absolute atomic E-state index is 0.0731. The zero-order valence-corrected chi connectivity index (χ0v) is 14.9. The highest BCUT2D eigenvalue weighted by atomic mass is 32.2. The first-order chi connectivity index (χ1) is 11.3. The molecule has 0 aromatic carbocycles. The zero-order valence-electron chi connectivity index (χ0n) is 14.1. The van der Waals surface area contributed by atoms with Crippen LogP contribution in [0.5, 0.6) is 5.88 Å². The standard InChI is InChI=1S/C15H23N3O5S/c1-4-23-15-12(6-5-7-16-15)14(19)17-13-9-22-8-11(13)10-24(20,21)18(2)3/h5-7,11,13H,4,8-10H2,1-3H3,(H,17,19)/t11-,13+/m0/s1. The molecule has 2 heterocycles. The minimum atomic E-state index is -3.37. The Labute approximate surface area is 142 Å². The van der Waals surface area contributed by atoms with Crippen LogP contribution >= 0.6 is 0 Å². The van der Waals surface area contributed by atoms with Crippen molar-refractivity contribution in [3.8, 4) is 5.88 Å². The highest BCUT2D eigenvalue weighted by molar-refractivity contribution is 7.89. The summed E-state index contributed by atoms with van der Waals surface area (Å²) in [6.07, 6.45) is 1.55. The summed E-state index contributed by atoms with van der Waals surface area (Å²) >= 11 is 0. The summed E-state index contributed by atoms with van der Waals surface area (Å²) in [5, 5.41) is 2.84. The Morgan fingerprint density at radius 3 is 2.88 bits per heavy atom. The van der Waals surface area contributed by atoms with Crippen LogP contribution in [0.4, 0.5) is 0 Å². The first-order valence-electron chi connectivity index (χ1n) is 7.71. The normalized spacial score (nSPS) is 21.0. The molecule has 1 amide bonds.